The van der Waals surface area contributed by atoms with Crippen molar-refractivity contribution in [3.05, 3.63) is 34.6 Å². The van der Waals surface area contributed by atoms with Crippen LogP contribution in [0, 0.1) is 11.2 Å². The highest BCUT2D eigenvalue weighted by Gasteiger charge is 2.14. The molecule has 7 heteroatoms. The maximum absolute atomic E-state index is 14.0. The maximum atomic E-state index is 14.0. The summed E-state index contributed by atoms with van der Waals surface area (Å²) in [5, 5.41) is 7.52. The number of hydrogen-bond acceptors (Lipinski definition) is 5. The highest BCUT2D eigenvalue weighted by Crippen LogP contribution is 2.30. The lowest BCUT2D eigenvalue weighted by Crippen LogP contribution is -2.19. The van der Waals surface area contributed by atoms with E-state index in [1.807, 2.05) is 0 Å². The summed E-state index contributed by atoms with van der Waals surface area (Å²) >= 11 is 5.76. The number of ether oxygens (including phenoxy) is 2. The molecule has 0 spiro atoms. The molecule has 0 aliphatic heterocycles. The summed E-state index contributed by atoms with van der Waals surface area (Å²) in [4.78, 5) is 22.9. The zero-order valence-corrected chi connectivity index (χ0v) is 12.9. The predicted octanol–water partition coefficient (Wildman–Crippen LogP) is 3.04. The second kappa shape index (κ2) is 8.29. The summed E-state index contributed by atoms with van der Waals surface area (Å²) in [6.07, 6.45) is 1.90. The van der Waals surface area contributed by atoms with E-state index < -0.39 is 29.7 Å². The predicted molar refractivity (Wildman–Crippen MR) is 81.0 cm³/mol. The van der Waals surface area contributed by atoms with Crippen molar-refractivity contribution >= 4 is 35.1 Å². The molecule has 1 rings (SSSR count). The van der Waals surface area contributed by atoms with Gasteiger partial charge in [-0.1, -0.05) is 17.7 Å². The Morgan fingerprint density at radius 3 is 2.68 bits per heavy atom. The highest BCUT2D eigenvalue weighted by molar-refractivity contribution is 6.39. The van der Waals surface area contributed by atoms with Crippen LogP contribution in [0.25, 0.3) is 6.08 Å². The van der Waals surface area contributed by atoms with Gasteiger partial charge in [-0.15, -0.1) is 0 Å². The number of hydrogen-bond donors (Lipinski definition) is 1. The molecule has 0 atom stereocenters. The van der Waals surface area contributed by atoms with Gasteiger partial charge in [0.1, 0.15) is 5.71 Å². The summed E-state index contributed by atoms with van der Waals surface area (Å²) in [6.45, 7) is 1.73. The van der Waals surface area contributed by atoms with E-state index in [-0.39, 0.29) is 22.9 Å². The molecule has 0 fully saturated rings. The summed E-state index contributed by atoms with van der Waals surface area (Å²) in [5.41, 5.74) is -0.345. The van der Waals surface area contributed by atoms with Crippen molar-refractivity contribution < 1.29 is 23.5 Å². The maximum Gasteiger partial charge on any atom is 0.352 e. The van der Waals surface area contributed by atoms with Crippen LogP contribution in [0.3, 0.4) is 0 Å². The van der Waals surface area contributed by atoms with Gasteiger partial charge in [-0.25, -0.2) is 9.18 Å². The average Bonchev–Trinajstić information content (AvgIpc) is 2.47. The third-order valence-corrected chi connectivity index (χ3v) is 2.90. The first-order chi connectivity index (χ1) is 10.4. The van der Waals surface area contributed by atoms with Crippen LogP contribution in [-0.2, 0) is 14.3 Å². The number of allylic oxidation sites excluding steroid dienone is 1. The SMILES string of the molecule is CCOC(=O)C(=N)CC(=O)/C=C/c1ccc(Cl)c(OC)c1F. The molecule has 22 heavy (non-hydrogen) atoms. The number of carbonyl (C=O) groups is 2. The molecule has 1 aromatic carbocycles. The first kappa shape index (κ1) is 17.8. The van der Waals surface area contributed by atoms with E-state index >= 15 is 0 Å². The Balaban J connectivity index is 2.79. The molecule has 0 amide bonds. The molecule has 0 radical (unpaired) electrons. The lowest BCUT2D eigenvalue weighted by atomic mass is 10.1. The summed E-state index contributed by atoms with van der Waals surface area (Å²) < 4.78 is 23.4. The molecule has 0 unspecified atom stereocenters. The number of rotatable bonds is 7. The van der Waals surface area contributed by atoms with Crippen LogP contribution in [0.2, 0.25) is 5.02 Å². The van der Waals surface area contributed by atoms with Crippen LogP contribution in [0.15, 0.2) is 18.2 Å². The van der Waals surface area contributed by atoms with Gasteiger partial charge in [0.15, 0.2) is 17.3 Å². The van der Waals surface area contributed by atoms with Gasteiger partial charge < -0.3 is 9.47 Å². The summed E-state index contributed by atoms with van der Waals surface area (Å²) in [6, 6.07) is 2.83. The van der Waals surface area contributed by atoms with Crippen LogP contribution in [0.1, 0.15) is 18.9 Å². The zero-order chi connectivity index (χ0) is 16.7. The number of halogens is 2. The fourth-order valence-corrected chi connectivity index (χ4v) is 1.79. The van der Waals surface area contributed by atoms with Crippen LogP contribution < -0.4 is 4.74 Å². The van der Waals surface area contributed by atoms with Gasteiger partial charge >= 0.3 is 5.97 Å². The summed E-state index contributed by atoms with van der Waals surface area (Å²) in [7, 11) is 1.28. The van der Waals surface area contributed by atoms with E-state index in [0.717, 1.165) is 6.08 Å². The minimum atomic E-state index is -0.844. The van der Waals surface area contributed by atoms with Crippen molar-refractivity contribution in [2.24, 2.45) is 0 Å². The number of carbonyl (C=O) groups excluding carboxylic acids is 2. The molecular weight excluding hydrogens is 313 g/mol. The minimum absolute atomic E-state index is 0.109. The number of ketones is 1. The van der Waals surface area contributed by atoms with Crippen molar-refractivity contribution in [1.29, 1.82) is 5.41 Å². The number of methoxy groups -OCH3 is 1. The second-order valence-corrected chi connectivity index (χ2v) is 4.57. The minimum Gasteiger partial charge on any atom is -0.492 e. The third kappa shape index (κ3) is 4.66. The van der Waals surface area contributed by atoms with Crippen molar-refractivity contribution in [1.82, 2.24) is 0 Å². The van der Waals surface area contributed by atoms with Crippen LogP contribution in [-0.4, -0.2) is 31.2 Å². The van der Waals surface area contributed by atoms with Gasteiger partial charge in [-0.2, -0.15) is 0 Å². The van der Waals surface area contributed by atoms with E-state index in [2.05, 4.69) is 4.74 Å². The molecule has 0 aromatic heterocycles. The van der Waals surface area contributed by atoms with Crippen LogP contribution >= 0.6 is 11.6 Å². The van der Waals surface area contributed by atoms with Crippen molar-refractivity contribution in [3.8, 4) is 5.75 Å². The molecule has 0 saturated carbocycles. The van der Waals surface area contributed by atoms with Gasteiger partial charge in [-0.05, 0) is 25.1 Å². The summed E-state index contributed by atoms with van der Waals surface area (Å²) in [5.74, 6) is -2.18. The number of nitrogens with one attached hydrogen (secondary N) is 1. The van der Waals surface area contributed by atoms with Gasteiger partial charge in [-0.3, -0.25) is 10.2 Å². The van der Waals surface area contributed by atoms with E-state index in [1.54, 1.807) is 6.92 Å². The van der Waals surface area contributed by atoms with E-state index in [9.17, 15) is 14.0 Å². The molecule has 0 bridgehead atoms. The van der Waals surface area contributed by atoms with E-state index in [1.165, 1.54) is 25.3 Å². The van der Waals surface area contributed by atoms with Crippen LogP contribution in [0.5, 0.6) is 5.75 Å². The second-order valence-electron chi connectivity index (χ2n) is 4.16. The third-order valence-electron chi connectivity index (χ3n) is 2.60. The van der Waals surface area contributed by atoms with Crippen molar-refractivity contribution in [2.75, 3.05) is 13.7 Å². The first-order valence-electron chi connectivity index (χ1n) is 6.38. The van der Waals surface area contributed by atoms with Crippen LogP contribution in [0.4, 0.5) is 4.39 Å². The Morgan fingerprint density at radius 1 is 1.41 bits per heavy atom. The van der Waals surface area contributed by atoms with Crippen molar-refractivity contribution in [2.45, 2.75) is 13.3 Å². The largest absolute Gasteiger partial charge is 0.492 e. The molecular formula is C15H15ClFNO4. The lowest BCUT2D eigenvalue weighted by molar-refractivity contribution is -0.135. The van der Waals surface area contributed by atoms with Gasteiger partial charge in [0, 0.05) is 5.56 Å². The molecule has 0 aliphatic rings. The van der Waals surface area contributed by atoms with Gasteiger partial charge in [0.05, 0.1) is 25.2 Å². The molecule has 0 heterocycles. The molecule has 0 aliphatic carbocycles. The van der Waals surface area contributed by atoms with E-state index in [4.69, 9.17) is 21.7 Å². The molecule has 5 nitrogen and oxygen atoms in total. The van der Waals surface area contributed by atoms with E-state index in [0.29, 0.717) is 0 Å². The monoisotopic (exact) mass is 327 g/mol. The quantitative estimate of drug-likeness (QED) is 0.474. The Hall–Kier alpha value is -2.21. The molecule has 0 saturated heterocycles. The number of esters is 1. The van der Waals surface area contributed by atoms with Gasteiger partial charge in [0.2, 0.25) is 0 Å². The average molecular weight is 328 g/mol. The smallest absolute Gasteiger partial charge is 0.352 e. The topological polar surface area (TPSA) is 76.5 Å². The van der Waals surface area contributed by atoms with Crippen molar-refractivity contribution in [3.63, 3.8) is 0 Å². The fourth-order valence-electron chi connectivity index (χ4n) is 1.57. The zero-order valence-electron chi connectivity index (χ0n) is 12.1. The molecule has 1 aromatic rings. The normalized spacial score (nSPS) is 10.5. The Labute approximate surface area is 132 Å². The molecule has 1 N–H and O–H groups in total. The van der Waals surface area contributed by atoms with Gasteiger partial charge in [0.25, 0.3) is 0 Å². The lowest BCUT2D eigenvalue weighted by Gasteiger charge is -2.06. The Morgan fingerprint density at radius 2 is 2.09 bits per heavy atom. The standard InChI is InChI=1S/C15H15ClFNO4/c1-3-22-15(20)12(18)8-10(19)6-4-9-5-7-11(16)14(21-2)13(9)17/h4-7,18H,3,8H2,1-2H3/b6-4+,18-12?. The Kier molecular flexibility index (Phi) is 6.72. The number of benzene rings is 1. The molecule has 118 valence electrons. The fraction of sp³-hybridized carbons (Fsp3) is 0.267. The Bertz CT molecular complexity index is 628. The highest BCUT2D eigenvalue weighted by atomic mass is 35.5. The first-order valence-corrected chi connectivity index (χ1v) is 6.75.